The van der Waals surface area contributed by atoms with Gasteiger partial charge < -0.3 is 0 Å². The third kappa shape index (κ3) is 3.91. The molecule has 4 nitrogen and oxygen atoms in total. The summed E-state index contributed by atoms with van der Waals surface area (Å²) in [5, 5.41) is 3.28. The number of rotatable bonds is 4. The summed E-state index contributed by atoms with van der Waals surface area (Å²) in [6, 6.07) is 3.98. The van der Waals surface area contributed by atoms with Gasteiger partial charge in [0.05, 0.1) is 11.0 Å². The molecule has 7 heteroatoms. The zero-order valence-corrected chi connectivity index (χ0v) is 14.5. The lowest BCUT2D eigenvalue weighted by atomic mass is 9.96. The van der Waals surface area contributed by atoms with Crippen LogP contribution in [-0.2, 0) is 18.6 Å². The van der Waals surface area contributed by atoms with E-state index in [2.05, 4.69) is 41.8 Å². The van der Waals surface area contributed by atoms with E-state index >= 15 is 0 Å². The first-order valence-corrected chi connectivity index (χ1v) is 7.96. The fraction of sp³-hybridized carbons (Fsp3) is 0.538. The molecule has 0 saturated carbocycles. The van der Waals surface area contributed by atoms with Gasteiger partial charge in [-0.05, 0) is 31.4 Å². The molecule has 0 atom stereocenters. The Kier molecular flexibility index (Phi) is 4.69. The highest BCUT2D eigenvalue weighted by molar-refractivity contribution is 7.71. The molecule has 0 unspecified atom stereocenters. The average Bonchev–Trinajstić information content (AvgIpc) is 2.86. The summed E-state index contributed by atoms with van der Waals surface area (Å²) < 4.78 is 3.30. The van der Waals surface area contributed by atoms with Crippen molar-refractivity contribution in [1.82, 2.24) is 19.7 Å². The Bertz CT molecular complexity index is 635. The number of halogens is 1. The van der Waals surface area contributed by atoms with Gasteiger partial charge in [-0.25, -0.2) is 9.67 Å². The zero-order chi connectivity index (χ0) is 14.9. The second-order valence-electron chi connectivity index (χ2n) is 5.89. The van der Waals surface area contributed by atoms with Crippen molar-refractivity contribution in [2.45, 2.75) is 39.4 Å². The summed E-state index contributed by atoms with van der Waals surface area (Å²) in [6.07, 6.45) is 0. The molecule has 0 aliphatic carbocycles. The summed E-state index contributed by atoms with van der Waals surface area (Å²) in [4.78, 5) is 7.83. The van der Waals surface area contributed by atoms with Crippen LogP contribution in [0, 0.1) is 4.77 Å². The molecule has 0 radical (unpaired) electrons. The molecule has 2 heterocycles. The Hall–Kier alpha value is -0.690. The maximum atomic E-state index is 5.94. The minimum absolute atomic E-state index is 0.0291. The molecule has 2 rings (SSSR count). The third-order valence-corrected chi connectivity index (χ3v) is 4.35. The van der Waals surface area contributed by atoms with E-state index in [1.807, 2.05) is 17.8 Å². The van der Waals surface area contributed by atoms with Gasteiger partial charge in [-0.3, -0.25) is 10.00 Å². The molecule has 0 fully saturated rings. The van der Waals surface area contributed by atoms with Gasteiger partial charge in [-0.15, -0.1) is 11.3 Å². The van der Waals surface area contributed by atoms with E-state index in [0.717, 1.165) is 16.7 Å². The lowest BCUT2D eigenvalue weighted by Crippen LogP contribution is -2.22. The minimum atomic E-state index is -0.0291. The molecule has 0 aromatic carbocycles. The predicted octanol–water partition coefficient (Wildman–Crippen LogP) is 4.04. The van der Waals surface area contributed by atoms with Crippen LogP contribution in [0.4, 0.5) is 0 Å². The molecule has 0 bridgehead atoms. The summed E-state index contributed by atoms with van der Waals surface area (Å²) in [5.74, 6) is 0.912. The van der Waals surface area contributed by atoms with Gasteiger partial charge in [0.25, 0.3) is 0 Å². The van der Waals surface area contributed by atoms with Crippen LogP contribution in [0.25, 0.3) is 0 Å². The molecule has 0 saturated heterocycles. The van der Waals surface area contributed by atoms with Gasteiger partial charge in [0.1, 0.15) is 5.82 Å². The molecule has 2 aromatic heterocycles. The molecule has 20 heavy (non-hydrogen) atoms. The van der Waals surface area contributed by atoms with Crippen molar-refractivity contribution >= 4 is 35.2 Å². The average molecular weight is 331 g/mol. The number of nitrogens with zero attached hydrogens (tertiary/aromatic N) is 3. The lowest BCUT2D eigenvalue weighted by Gasteiger charge is -2.17. The molecule has 110 valence electrons. The topological polar surface area (TPSA) is 36.9 Å². The number of aromatic nitrogens is 3. The largest absolute Gasteiger partial charge is 0.282 e. The van der Waals surface area contributed by atoms with Gasteiger partial charge in [0.15, 0.2) is 0 Å². The highest BCUT2D eigenvalue weighted by atomic mass is 35.5. The highest BCUT2D eigenvalue weighted by Crippen LogP contribution is 2.22. The molecule has 0 aliphatic heterocycles. The van der Waals surface area contributed by atoms with E-state index in [1.54, 1.807) is 11.3 Å². The van der Waals surface area contributed by atoms with Crippen LogP contribution in [0.1, 0.15) is 31.5 Å². The summed E-state index contributed by atoms with van der Waals surface area (Å²) in [6.45, 7) is 7.85. The number of hydrogen-bond acceptors (Lipinski definition) is 4. The Morgan fingerprint density at radius 2 is 2.15 bits per heavy atom. The monoisotopic (exact) mass is 330 g/mol. The summed E-state index contributed by atoms with van der Waals surface area (Å²) in [7, 11) is 2.05. The zero-order valence-electron chi connectivity index (χ0n) is 12.1. The normalized spacial score (nSPS) is 12.3. The van der Waals surface area contributed by atoms with E-state index in [4.69, 9.17) is 23.8 Å². The molecule has 1 N–H and O–H groups in total. The van der Waals surface area contributed by atoms with Crippen molar-refractivity contribution in [3.05, 3.63) is 31.9 Å². The quantitative estimate of drug-likeness (QED) is 0.859. The van der Waals surface area contributed by atoms with Crippen molar-refractivity contribution in [3.63, 3.8) is 0 Å². The van der Waals surface area contributed by atoms with E-state index in [-0.39, 0.29) is 5.41 Å². The van der Waals surface area contributed by atoms with Crippen LogP contribution >= 0.6 is 35.2 Å². The van der Waals surface area contributed by atoms with Gasteiger partial charge in [-0.1, -0.05) is 32.4 Å². The molecular formula is C13H19ClN4S2. The standard InChI is InChI=1S/C13H19ClN4S2/c1-13(2,3)11-15-12(19)18(16-11)8-17(4)7-9-5-6-10(14)20-9/h5-6H,7-8H2,1-4H3,(H,15,16,19). The molecule has 0 aliphatic rings. The summed E-state index contributed by atoms with van der Waals surface area (Å²) >= 11 is 12.9. The van der Waals surface area contributed by atoms with Crippen LogP contribution in [0.3, 0.4) is 0 Å². The number of H-pyrrole nitrogens is 1. The first kappa shape index (κ1) is 15.7. The van der Waals surface area contributed by atoms with Crippen LogP contribution < -0.4 is 0 Å². The second kappa shape index (κ2) is 5.97. The Morgan fingerprint density at radius 1 is 1.45 bits per heavy atom. The van der Waals surface area contributed by atoms with Crippen LogP contribution in [0.15, 0.2) is 12.1 Å². The predicted molar refractivity (Wildman–Crippen MR) is 86.9 cm³/mol. The van der Waals surface area contributed by atoms with Crippen LogP contribution in [0.5, 0.6) is 0 Å². The number of aromatic amines is 1. The minimum Gasteiger partial charge on any atom is -0.282 e. The van der Waals surface area contributed by atoms with Gasteiger partial charge in [-0.2, -0.15) is 0 Å². The van der Waals surface area contributed by atoms with E-state index in [0.29, 0.717) is 11.4 Å². The summed E-state index contributed by atoms with van der Waals surface area (Å²) in [5.41, 5.74) is -0.0291. The number of nitrogens with one attached hydrogen (secondary N) is 1. The lowest BCUT2D eigenvalue weighted by molar-refractivity contribution is 0.245. The maximum Gasteiger partial charge on any atom is 0.217 e. The Balaban J connectivity index is 2.06. The van der Waals surface area contributed by atoms with E-state index in [9.17, 15) is 0 Å². The van der Waals surface area contributed by atoms with E-state index < -0.39 is 0 Å². The Morgan fingerprint density at radius 3 is 2.65 bits per heavy atom. The molecule has 0 spiro atoms. The Labute approximate surface area is 133 Å². The first-order valence-electron chi connectivity index (χ1n) is 6.36. The molecular weight excluding hydrogens is 312 g/mol. The third-order valence-electron chi connectivity index (χ3n) is 2.83. The van der Waals surface area contributed by atoms with Crippen molar-refractivity contribution in [3.8, 4) is 0 Å². The second-order valence-corrected chi connectivity index (χ2v) is 8.06. The highest BCUT2D eigenvalue weighted by Gasteiger charge is 2.18. The van der Waals surface area contributed by atoms with Gasteiger partial charge in [0.2, 0.25) is 4.77 Å². The van der Waals surface area contributed by atoms with Crippen molar-refractivity contribution in [2.75, 3.05) is 7.05 Å². The molecule has 0 amide bonds. The first-order chi connectivity index (χ1) is 9.25. The molecule has 2 aromatic rings. The fourth-order valence-electron chi connectivity index (χ4n) is 1.78. The van der Waals surface area contributed by atoms with Crippen molar-refractivity contribution < 1.29 is 0 Å². The maximum absolute atomic E-state index is 5.94. The smallest absolute Gasteiger partial charge is 0.217 e. The number of thiophene rings is 1. The van der Waals surface area contributed by atoms with Gasteiger partial charge >= 0.3 is 0 Å². The van der Waals surface area contributed by atoms with Crippen molar-refractivity contribution in [2.24, 2.45) is 0 Å². The fourth-order valence-corrected chi connectivity index (χ4v) is 3.14. The SMILES string of the molecule is CN(Cc1ccc(Cl)s1)Cn1[nH]c(C(C)(C)C)nc1=S. The van der Waals surface area contributed by atoms with Crippen LogP contribution in [-0.4, -0.2) is 26.7 Å². The van der Waals surface area contributed by atoms with Crippen molar-refractivity contribution in [1.29, 1.82) is 0 Å². The van der Waals surface area contributed by atoms with Crippen LogP contribution in [0.2, 0.25) is 4.34 Å². The van der Waals surface area contributed by atoms with E-state index in [1.165, 1.54) is 4.88 Å². The number of hydrogen-bond donors (Lipinski definition) is 1. The van der Waals surface area contributed by atoms with Gasteiger partial charge in [0, 0.05) is 16.8 Å².